The van der Waals surface area contributed by atoms with E-state index in [1.807, 2.05) is 48.5 Å². The molecule has 0 bridgehead atoms. The molecule has 0 aliphatic carbocycles. The number of ether oxygens (including phenoxy) is 1. The predicted molar refractivity (Wildman–Crippen MR) is 112 cm³/mol. The van der Waals surface area contributed by atoms with Gasteiger partial charge in [0, 0.05) is 28.0 Å². The van der Waals surface area contributed by atoms with Gasteiger partial charge >= 0.3 is 0 Å². The van der Waals surface area contributed by atoms with E-state index >= 15 is 0 Å². The quantitative estimate of drug-likeness (QED) is 0.461. The summed E-state index contributed by atoms with van der Waals surface area (Å²) in [5.41, 5.74) is 2.18. The van der Waals surface area contributed by atoms with Crippen molar-refractivity contribution in [2.45, 2.75) is 6.54 Å². The molecule has 4 aromatic rings. The molecule has 0 radical (unpaired) electrons. The van der Waals surface area contributed by atoms with Crippen LogP contribution in [0, 0.1) is 0 Å². The first-order valence-corrected chi connectivity index (χ1v) is 9.61. The molecule has 2 aromatic carbocycles. The highest BCUT2D eigenvalue weighted by atomic mass is 79.9. The molecule has 0 spiro atoms. The monoisotopic (exact) mass is 452 g/mol. The summed E-state index contributed by atoms with van der Waals surface area (Å²) in [5, 5.41) is 6.91. The van der Waals surface area contributed by atoms with E-state index in [4.69, 9.17) is 9.26 Å². The fourth-order valence-corrected chi connectivity index (χ4v) is 3.11. The topological polar surface area (TPSA) is 82.2 Å². The molecule has 0 aliphatic heterocycles. The Balaban J connectivity index is 1.50. The Morgan fingerprint density at radius 3 is 2.79 bits per heavy atom. The van der Waals surface area contributed by atoms with Crippen LogP contribution in [0.4, 0.5) is 5.69 Å². The summed E-state index contributed by atoms with van der Waals surface area (Å²) in [5.74, 6) is 1.34. The Bertz CT molecular complexity index is 1130. The second-order valence-corrected chi connectivity index (χ2v) is 7.15. The predicted octanol–water partition coefficient (Wildman–Crippen LogP) is 4.61. The molecule has 29 heavy (non-hydrogen) atoms. The summed E-state index contributed by atoms with van der Waals surface area (Å²) in [6.07, 6.45) is 1.80. The van der Waals surface area contributed by atoms with Crippen LogP contribution in [-0.4, -0.2) is 27.7 Å². The summed E-state index contributed by atoms with van der Waals surface area (Å²) in [7, 11) is 1.58. The maximum Gasteiger partial charge on any atom is 0.274 e. The van der Waals surface area contributed by atoms with Gasteiger partial charge in [-0.15, -0.1) is 0 Å². The number of hydrogen-bond acceptors (Lipinski definition) is 5. The van der Waals surface area contributed by atoms with Crippen LogP contribution in [0.25, 0.3) is 23.0 Å². The Kier molecular flexibility index (Phi) is 5.44. The van der Waals surface area contributed by atoms with Gasteiger partial charge in [-0.3, -0.25) is 4.79 Å². The number of amides is 1. The zero-order valence-electron chi connectivity index (χ0n) is 15.5. The van der Waals surface area contributed by atoms with Crippen LogP contribution < -0.4 is 10.1 Å². The third-order valence-electron chi connectivity index (χ3n) is 4.24. The average molecular weight is 453 g/mol. The number of carbonyl (C=O) groups excluding carboxylic acids is 1. The minimum absolute atomic E-state index is 0.107. The molecule has 0 fully saturated rings. The van der Waals surface area contributed by atoms with Gasteiger partial charge in [-0.05, 0) is 48.5 Å². The van der Waals surface area contributed by atoms with Crippen LogP contribution in [0.15, 0.2) is 75.9 Å². The van der Waals surface area contributed by atoms with Crippen molar-refractivity contribution < 1.29 is 14.1 Å². The molecule has 0 aliphatic rings. The van der Waals surface area contributed by atoms with Gasteiger partial charge in [-0.1, -0.05) is 27.2 Å². The fourth-order valence-electron chi connectivity index (χ4n) is 2.85. The standard InChI is InChI=1S/C21H17BrN4O3/c1-28-17-5-2-4-16(12-17)23-19(27)13-26-11-3-6-18(26)21-24-20(25-29-21)14-7-9-15(22)10-8-14/h2-12H,13H2,1H3,(H,23,27). The van der Waals surface area contributed by atoms with E-state index in [0.717, 1.165) is 10.0 Å². The van der Waals surface area contributed by atoms with E-state index in [1.54, 1.807) is 30.0 Å². The normalized spacial score (nSPS) is 10.7. The molecule has 0 saturated heterocycles. The van der Waals surface area contributed by atoms with Crippen molar-refractivity contribution in [3.8, 4) is 28.7 Å². The molecule has 1 N–H and O–H groups in total. The molecule has 8 heteroatoms. The number of benzene rings is 2. The number of hydrogen-bond donors (Lipinski definition) is 1. The van der Waals surface area contributed by atoms with Gasteiger partial charge in [-0.25, -0.2) is 0 Å². The van der Waals surface area contributed by atoms with Gasteiger partial charge in [0.1, 0.15) is 18.0 Å². The van der Waals surface area contributed by atoms with Gasteiger partial charge in [0.2, 0.25) is 11.7 Å². The zero-order valence-corrected chi connectivity index (χ0v) is 17.1. The van der Waals surface area contributed by atoms with Crippen LogP contribution in [0.3, 0.4) is 0 Å². The van der Waals surface area contributed by atoms with Crippen molar-refractivity contribution in [3.63, 3.8) is 0 Å². The van der Waals surface area contributed by atoms with Crippen LogP contribution in [-0.2, 0) is 11.3 Å². The Morgan fingerprint density at radius 2 is 2.00 bits per heavy atom. The summed E-state index contributed by atoms with van der Waals surface area (Å²) >= 11 is 3.41. The van der Waals surface area contributed by atoms with E-state index in [9.17, 15) is 4.79 Å². The van der Waals surface area contributed by atoms with E-state index in [1.165, 1.54) is 0 Å². The molecule has 0 saturated carbocycles. The number of nitrogens with one attached hydrogen (secondary N) is 1. The van der Waals surface area contributed by atoms with Crippen molar-refractivity contribution in [1.82, 2.24) is 14.7 Å². The number of aromatic nitrogens is 3. The van der Waals surface area contributed by atoms with E-state index in [-0.39, 0.29) is 12.5 Å². The van der Waals surface area contributed by atoms with E-state index < -0.39 is 0 Å². The lowest BCUT2D eigenvalue weighted by Gasteiger charge is -2.09. The van der Waals surface area contributed by atoms with Crippen molar-refractivity contribution in [3.05, 3.63) is 71.3 Å². The molecule has 1 amide bonds. The molecular weight excluding hydrogens is 436 g/mol. The third-order valence-corrected chi connectivity index (χ3v) is 4.77. The summed E-state index contributed by atoms with van der Waals surface area (Å²) in [4.78, 5) is 16.9. The average Bonchev–Trinajstić information content (AvgIpc) is 3.38. The van der Waals surface area contributed by atoms with Crippen molar-refractivity contribution >= 4 is 27.5 Å². The smallest absolute Gasteiger partial charge is 0.274 e. The van der Waals surface area contributed by atoms with Crippen LogP contribution in [0.1, 0.15) is 0 Å². The molecule has 0 unspecified atom stereocenters. The van der Waals surface area contributed by atoms with Gasteiger partial charge in [0.25, 0.3) is 5.89 Å². The van der Waals surface area contributed by atoms with Crippen molar-refractivity contribution in [2.24, 2.45) is 0 Å². The minimum atomic E-state index is -0.177. The highest BCUT2D eigenvalue weighted by Gasteiger charge is 2.15. The first-order valence-electron chi connectivity index (χ1n) is 8.81. The van der Waals surface area contributed by atoms with Crippen molar-refractivity contribution in [2.75, 3.05) is 12.4 Å². The molecule has 4 rings (SSSR count). The highest BCUT2D eigenvalue weighted by molar-refractivity contribution is 9.10. The Morgan fingerprint density at radius 1 is 1.17 bits per heavy atom. The summed E-state index contributed by atoms with van der Waals surface area (Å²) in [6.45, 7) is 0.107. The van der Waals surface area contributed by atoms with Gasteiger partial charge in [-0.2, -0.15) is 4.98 Å². The second-order valence-electron chi connectivity index (χ2n) is 6.23. The molecule has 7 nitrogen and oxygen atoms in total. The highest BCUT2D eigenvalue weighted by Crippen LogP contribution is 2.24. The first kappa shape index (κ1) is 18.9. The zero-order chi connectivity index (χ0) is 20.2. The third kappa shape index (κ3) is 4.38. The maximum atomic E-state index is 12.5. The number of nitrogens with zero attached hydrogens (tertiary/aromatic N) is 3. The Labute approximate surface area is 175 Å². The largest absolute Gasteiger partial charge is 0.497 e. The molecule has 2 aromatic heterocycles. The molecular formula is C21H17BrN4O3. The molecule has 2 heterocycles. The number of halogens is 1. The van der Waals surface area contributed by atoms with E-state index in [2.05, 4.69) is 31.4 Å². The van der Waals surface area contributed by atoms with Crippen LogP contribution in [0.2, 0.25) is 0 Å². The van der Waals surface area contributed by atoms with Crippen LogP contribution >= 0.6 is 15.9 Å². The van der Waals surface area contributed by atoms with Gasteiger partial charge < -0.3 is 19.1 Å². The summed E-state index contributed by atoms with van der Waals surface area (Å²) < 4.78 is 13.3. The first-order chi connectivity index (χ1) is 14.1. The SMILES string of the molecule is COc1cccc(NC(=O)Cn2cccc2-c2nc(-c3ccc(Br)cc3)no2)c1. The number of carbonyl (C=O) groups is 1. The lowest BCUT2D eigenvalue weighted by molar-refractivity contribution is -0.116. The lowest BCUT2D eigenvalue weighted by Crippen LogP contribution is -2.18. The number of rotatable bonds is 6. The lowest BCUT2D eigenvalue weighted by atomic mass is 10.2. The van der Waals surface area contributed by atoms with E-state index in [0.29, 0.717) is 28.8 Å². The number of anilines is 1. The maximum absolute atomic E-state index is 12.5. The summed E-state index contributed by atoms with van der Waals surface area (Å²) in [6, 6.07) is 18.5. The Hall–Kier alpha value is -3.39. The second kappa shape index (κ2) is 8.32. The number of methoxy groups -OCH3 is 1. The fraction of sp³-hybridized carbons (Fsp3) is 0.0952. The van der Waals surface area contributed by atoms with Crippen LogP contribution in [0.5, 0.6) is 5.75 Å². The van der Waals surface area contributed by atoms with Crippen molar-refractivity contribution in [1.29, 1.82) is 0 Å². The van der Waals surface area contributed by atoms with Gasteiger partial charge in [0.15, 0.2) is 0 Å². The van der Waals surface area contributed by atoms with Gasteiger partial charge in [0.05, 0.1) is 7.11 Å². The molecule has 0 atom stereocenters. The minimum Gasteiger partial charge on any atom is -0.497 e. The molecule has 146 valence electrons.